The zero-order chi connectivity index (χ0) is 25.3. The van der Waals surface area contributed by atoms with E-state index < -0.39 is 0 Å². The van der Waals surface area contributed by atoms with E-state index in [1.807, 2.05) is 36.4 Å². The molecule has 0 amide bonds. The Bertz CT molecular complexity index is 1910. The van der Waals surface area contributed by atoms with Gasteiger partial charge in [0.25, 0.3) is 0 Å². The van der Waals surface area contributed by atoms with Gasteiger partial charge in [0.2, 0.25) is 0 Å². The predicted octanol–water partition coefficient (Wildman–Crippen LogP) is 8.85. The Hall–Kier alpha value is -5.15. The molecule has 0 aliphatic carbocycles. The monoisotopic (exact) mass is 485 g/mol. The van der Waals surface area contributed by atoms with E-state index in [1.165, 1.54) is 16.5 Å². The highest BCUT2D eigenvalue weighted by Gasteiger charge is 2.16. The van der Waals surface area contributed by atoms with Crippen LogP contribution in [0.3, 0.4) is 0 Å². The van der Waals surface area contributed by atoms with Gasteiger partial charge in [-0.2, -0.15) is 0 Å². The number of rotatable bonds is 4. The van der Waals surface area contributed by atoms with Crippen LogP contribution in [-0.2, 0) is 0 Å². The SMILES string of the molecule is c1ccc(-c2nc(-c3cccc4ccccc34)nc(-c3ccc(-c4ccccc4)c4ccccc34)n2)cc1. The first kappa shape index (κ1) is 22.1. The lowest BCUT2D eigenvalue weighted by Gasteiger charge is -2.13. The molecule has 0 radical (unpaired) electrons. The van der Waals surface area contributed by atoms with E-state index in [-0.39, 0.29) is 0 Å². The molecule has 0 aliphatic rings. The highest BCUT2D eigenvalue weighted by molar-refractivity contribution is 6.04. The molecular weight excluding hydrogens is 462 g/mol. The molecule has 0 fully saturated rings. The summed E-state index contributed by atoms with van der Waals surface area (Å²) in [5.74, 6) is 1.99. The summed E-state index contributed by atoms with van der Waals surface area (Å²) in [5.41, 5.74) is 5.32. The standard InChI is InChI=1S/C35H23N3/c1-3-12-24(13-4-1)28-22-23-32(30-20-10-9-19-29(28)30)35-37-33(26-15-5-2-6-16-26)36-34(38-35)31-21-11-17-25-14-7-8-18-27(25)31/h1-23H. The number of aromatic nitrogens is 3. The Morgan fingerprint density at radius 2 is 0.763 bits per heavy atom. The van der Waals surface area contributed by atoms with E-state index in [0.717, 1.165) is 32.8 Å². The molecule has 0 saturated heterocycles. The highest BCUT2D eigenvalue weighted by Crippen LogP contribution is 2.36. The number of fused-ring (bicyclic) bond motifs is 2. The van der Waals surface area contributed by atoms with E-state index in [1.54, 1.807) is 0 Å². The fraction of sp³-hybridized carbons (Fsp3) is 0. The minimum absolute atomic E-state index is 0.662. The van der Waals surface area contributed by atoms with Crippen LogP contribution in [0.25, 0.3) is 66.8 Å². The fourth-order valence-corrected chi connectivity index (χ4v) is 5.12. The maximum Gasteiger partial charge on any atom is 0.164 e. The van der Waals surface area contributed by atoms with Crippen molar-refractivity contribution in [2.75, 3.05) is 0 Å². The van der Waals surface area contributed by atoms with Gasteiger partial charge in [0.05, 0.1) is 0 Å². The third-order valence-electron chi connectivity index (χ3n) is 6.95. The van der Waals surface area contributed by atoms with Gasteiger partial charge in [-0.05, 0) is 38.7 Å². The topological polar surface area (TPSA) is 38.7 Å². The Kier molecular flexibility index (Phi) is 5.45. The summed E-state index contributed by atoms with van der Waals surface area (Å²) < 4.78 is 0. The van der Waals surface area contributed by atoms with Crippen molar-refractivity contribution in [2.24, 2.45) is 0 Å². The minimum Gasteiger partial charge on any atom is -0.208 e. The fourth-order valence-electron chi connectivity index (χ4n) is 5.12. The summed E-state index contributed by atoms with van der Waals surface area (Å²) in [5, 5.41) is 4.56. The smallest absolute Gasteiger partial charge is 0.164 e. The van der Waals surface area contributed by atoms with E-state index in [9.17, 15) is 0 Å². The molecule has 0 atom stereocenters. The highest BCUT2D eigenvalue weighted by atomic mass is 15.0. The molecule has 1 heterocycles. The molecule has 38 heavy (non-hydrogen) atoms. The first-order chi connectivity index (χ1) is 18.8. The zero-order valence-electron chi connectivity index (χ0n) is 20.6. The van der Waals surface area contributed by atoms with Crippen LogP contribution in [0, 0.1) is 0 Å². The van der Waals surface area contributed by atoms with Gasteiger partial charge in [0.1, 0.15) is 0 Å². The zero-order valence-corrected chi connectivity index (χ0v) is 20.6. The summed E-state index contributed by atoms with van der Waals surface area (Å²) in [6, 6.07) is 48.1. The molecule has 0 N–H and O–H groups in total. The van der Waals surface area contributed by atoms with Crippen LogP contribution >= 0.6 is 0 Å². The molecule has 0 bridgehead atoms. The van der Waals surface area contributed by atoms with Crippen LogP contribution in [0.15, 0.2) is 140 Å². The van der Waals surface area contributed by atoms with Gasteiger partial charge >= 0.3 is 0 Å². The van der Waals surface area contributed by atoms with Crippen molar-refractivity contribution in [1.29, 1.82) is 0 Å². The van der Waals surface area contributed by atoms with E-state index in [2.05, 4.69) is 103 Å². The minimum atomic E-state index is 0.662. The maximum absolute atomic E-state index is 5.08. The molecule has 0 unspecified atom stereocenters. The first-order valence-corrected chi connectivity index (χ1v) is 12.7. The lowest BCUT2D eigenvalue weighted by atomic mass is 9.94. The van der Waals surface area contributed by atoms with Crippen molar-refractivity contribution in [3.8, 4) is 45.3 Å². The number of hydrogen-bond acceptors (Lipinski definition) is 3. The first-order valence-electron chi connectivity index (χ1n) is 12.7. The van der Waals surface area contributed by atoms with Gasteiger partial charge in [-0.15, -0.1) is 0 Å². The van der Waals surface area contributed by atoms with E-state index in [4.69, 9.17) is 15.0 Å². The molecule has 1 aromatic heterocycles. The van der Waals surface area contributed by atoms with Crippen molar-refractivity contribution < 1.29 is 0 Å². The van der Waals surface area contributed by atoms with Crippen LogP contribution in [0.5, 0.6) is 0 Å². The van der Waals surface area contributed by atoms with Crippen LogP contribution in [-0.4, -0.2) is 15.0 Å². The molecule has 6 aromatic carbocycles. The number of hydrogen-bond donors (Lipinski definition) is 0. The van der Waals surface area contributed by atoms with Gasteiger partial charge in [0, 0.05) is 16.7 Å². The summed E-state index contributed by atoms with van der Waals surface area (Å²) >= 11 is 0. The lowest BCUT2D eigenvalue weighted by Crippen LogP contribution is -2.01. The van der Waals surface area contributed by atoms with Gasteiger partial charge in [-0.25, -0.2) is 15.0 Å². The van der Waals surface area contributed by atoms with Crippen molar-refractivity contribution >= 4 is 21.5 Å². The average molecular weight is 486 g/mol. The average Bonchev–Trinajstić information content (AvgIpc) is 3.01. The Morgan fingerprint density at radius 3 is 1.47 bits per heavy atom. The van der Waals surface area contributed by atoms with Gasteiger partial charge < -0.3 is 0 Å². The summed E-state index contributed by atoms with van der Waals surface area (Å²) in [6.07, 6.45) is 0. The van der Waals surface area contributed by atoms with Crippen LogP contribution in [0.2, 0.25) is 0 Å². The second-order valence-electron chi connectivity index (χ2n) is 9.27. The van der Waals surface area contributed by atoms with E-state index >= 15 is 0 Å². The quantitative estimate of drug-likeness (QED) is 0.250. The molecular formula is C35H23N3. The third-order valence-corrected chi connectivity index (χ3v) is 6.95. The van der Waals surface area contributed by atoms with Crippen molar-refractivity contribution in [2.45, 2.75) is 0 Å². The molecule has 7 rings (SSSR count). The molecule has 3 nitrogen and oxygen atoms in total. The molecule has 3 heteroatoms. The predicted molar refractivity (Wildman–Crippen MR) is 157 cm³/mol. The molecule has 0 saturated carbocycles. The second-order valence-corrected chi connectivity index (χ2v) is 9.27. The summed E-state index contributed by atoms with van der Waals surface area (Å²) in [7, 11) is 0. The Morgan fingerprint density at radius 1 is 0.289 bits per heavy atom. The van der Waals surface area contributed by atoms with Crippen LogP contribution in [0.4, 0.5) is 0 Å². The largest absolute Gasteiger partial charge is 0.208 e. The van der Waals surface area contributed by atoms with Gasteiger partial charge in [0.15, 0.2) is 17.5 Å². The van der Waals surface area contributed by atoms with Crippen LogP contribution < -0.4 is 0 Å². The summed E-state index contributed by atoms with van der Waals surface area (Å²) in [4.78, 5) is 15.1. The molecule has 7 aromatic rings. The van der Waals surface area contributed by atoms with Crippen molar-refractivity contribution in [3.63, 3.8) is 0 Å². The molecule has 178 valence electrons. The number of benzene rings is 6. The van der Waals surface area contributed by atoms with Crippen LogP contribution in [0.1, 0.15) is 0 Å². The second kappa shape index (κ2) is 9.38. The van der Waals surface area contributed by atoms with E-state index in [0.29, 0.717) is 17.5 Å². The van der Waals surface area contributed by atoms with Crippen molar-refractivity contribution in [3.05, 3.63) is 140 Å². The molecule has 0 spiro atoms. The summed E-state index contributed by atoms with van der Waals surface area (Å²) in [6.45, 7) is 0. The number of nitrogens with zero attached hydrogens (tertiary/aromatic N) is 3. The lowest BCUT2D eigenvalue weighted by molar-refractivity contribution is 1.08. The Labute approximate surface area is 221 Å². The van der Waals surface area contributed by atoms with Crippen molar-refractivity contribution in [1.82, 2.24) is 15.0 Å². The van der Waals surface area contributed by atoms with Gasteiger partial charge in [-0.1, -0.05) is 133 Å². The molecule has 0 aliphatic heterocycles. The normalized spacial score (nSPS) is 11.2. The third kappa shape index (κ3) is 3.91. The Balaban J connectivity index is 1.50. The van der Waals surface area contributed by atoms with Gasteiger partial charge in [-0.3, -0.25) is 0 Å². The maximum atomic E-state index is 5.08.